The van der Waals surface area contributed by atoms with Crippen molar-refractivity contribution in [3.05, 3.63) is 41.2 Å². The number of hydrogen-bond acceptors (Lipinski definition) is 5. The number of aromatic nitrogens is 3. The molecule has 122 valence electrons. The summed E-state index contributed by atoms with van der Waals surface area (Å²) in [5, 5.41) is 10.7. The molecule has 0 radical (unpaired) electrons. The Balaban J connectivity index is 1.56. The smallest absolute Gasteiger partial charge is 0.416 e. The van der Waals surface area contributed by atoms with Gasteiger partial charge in [0, 0.05) is 12.0 Å². The first-order chi connectivity index (χ1) is 10.9. The molecule has 0 bridgehead atoms. The Morgan fingerprint density at radius 1 is 1.30 bits per heavy atom. The number of ether oxygens (including phenoxy) is 1. The van der Waals surface area contributed by atoms with E-state index in [1.165, 1.54) is 18.5 Å². The molecule has 1 aromatic heterocycles. The van der Waals surface area contributed by atoms with E-state index in [1.54, 1.807) is 0 Å². The van der Waals surface area contributed by atoms with Crippen molar-refractivity contribution in [2.24, 2.45) is 5.92 Å². The molecule has 1 fully saturated rings. The zero-order chi connectivity index (χ0) is 16.4. The van der Waals surface area contributed by atoms with E-state index in [9.17, 15) is 13.2 Å². The molecule has 1 aromatic carbocycles. The van der Waals surface area contributed by atoms with Gasteiger partial charge in [-0.15, -0.1) is 5.10 Å². The summed E-state index contributed by atoms with van der Waals surface area (Å²) in [5.41, 5.74) is -0.786. The molecule has 3 rings (SSSR count). The molecule has 1 saturated carbocycles. The lowest BCUT2D eigenvalue weighted by Crippen LogP contribution is -2.12. The third-order valence-corrected chi connectivity index (χ3v) is 3.74. The largest absolute Gasteiger partial charge is 0.492 e. The van der Waals surface area contributed by atoms with E-state index in [-0.39, 0.29) is 29.3 Å². The van der Waals surface area contributed by atoms with Gasteiger partial charge in [0.25, 0.3) is 0 Å². The van der Waals surface area contributed by atoms with Gasteiger partial charge in [-0.1, -0.05) is 11.6 Å². The van der Waals surface area contributed by atoms with Crippen molar-refractivity contribution in [2.45, 2.75) is 18.6 Å². The first kappa shape index (κ1) is 15.8. The Kier molecular flexibility index (Phi) is 4.25. The van der Waals surface area contributed by atoms with Crippen molar-refractivity contribution in [3.63, 3.8) is 0 Å². The number of nitrogens with zero attached hydrogens (tertiary/aromatic N) is 3. The number of rotatable bonds is 5. The standard InChI is InChI=1S/C14H12ClF3N4O/c15-10-2-1-9(14(16,17)18)6-12(10)23-7-8-5-11(8)21-13-19-3-4-20-22-13/h1-4,6,8,11H,5,7H2,(H,19,21,22). The van der Waals surface area contributed by atoms with Gasteiger partial charge in [-0.25, -0.2) is 4.98 Å². The Hall–Kier alpha value is -2.09. The predicted molar refractivity (Wildman–Crippen MR) is 77.3 cm³/mol. The third kappa shape index (κ3) is 4.01. The van der Waals surface area contributed by atoms with Crippen LogP contribution in [-0.2, 0) is 6.18 Å². The van der Waals surface area contributed by atoms with Crippen LogP contribution in [-0.4, -0.2) is 27.8 Å². The summed E-state index contributed by atoms with van der Waals surface area (Å²) in [5.74, 6) is 0.603. The lowest BCUT2D eigenvalue weighted by Gasteiger charge is -2.12. The van der Waals surface area contributed by atoms with E-state index >= 15 is 0 Å². The topological polar surface area (TPSA) is 59.9 Å². The van der Waals surface area contributed by atoms with Crippen LogP contribution in [0.4, 0.5) is 19.1 Å². The molecular weight excluding hydrogens is 333 g/mol. The molecule has 2 atom stereocenters. The fourth-order valence-electron chi connectivity index (χ4n) is 2.08. The second-order valence-electron chi connectivity index (χ2n) is 5.17. The molecular formula is C14H12ClF3N4O. The fraction of sp³-hybridized carbons (Fsp3) is 0.357. The quantitative estimate of drug-likeness (QED) is 0.900. The zero-order valence-electron chi connectivity index (χ0n) is 11.7. The highest BCUT2D eigenvalue weighted by Gasteiger charge is 2.38. The van der Waals surface area contributed by atoms with E-state index < -0.39 is 11.7 Å². The van der Waals surface area contributed by atoms with Crippen molar-refractivity contribution >= 4 is 17.5 Å². The minimum atomic E-state index is -4.43. The molecule has 2 unspecified atom stereocenters. The Morgan fingerprint density at radius 2 is 2.13 bits per heavy atom. The maximum absolute atomic E-state index is 12.7. The lowest BCUT2D eigenvalue weighted by atomic mass is 10.2. The minimum Gasteiger partial charge on any atom is -0.492 e. The summed E-state index contributed by atoms with van der Waals surface area (Å²) in [6, 6.07) is 3.14. The molecule has 0 aliphatic heterocycles. The third-order valence-electron chi connectivity index (χ3n) is 3.43. The van der Waals surface area contributed by atoms with Crippen LogP contribution in [0.15, 0.2) is 30.6 Å². The van der Waals surface area contributed by atoms with Crippen molar-refractivity contribution in [1.82, 2.24) is 15.2 Å². The molecule has 1 N–H and O–H groups in total. The van der Waals surface area contributed by atoms with Gasteiger partial charge in [0.1, 0.15) is 5.75 Å². The molecule has 0 amide bonds. The minimum absolute atomic E-state index is 0.0322. The first-order valence-corrected chi connectivity index (χ1v) is 7.21. The number of hydrogen-bond donors (Lipinski definition) is 1. The summed E-state index contributed by atoms with van der Waals surface area (Å²) < 4.78 is 43.5. The number of halogens is 4. The zero-order valence-corrected chi connectivity index (χ0v) is 12.5. The monoisotopic (exact) mass is 344 g/mol. The number of benzene rings is 1. The van der Waals surface area contributed by atoms with E-state index in [4.69, 9.17) is 16.3 Å². The van der Waals surface area contributed by atoms with Gasteiger partial charge in [-0.05, 0) is 24.6 Å². The van der Waals surface area contributed by atoms with Crippen LogP contribution in [0.2, 0.25) is 5.02 Å². The Labute approximate surface area is 134 Å². The summed E-state index contributed by atoms with van der Waals surface area (Å²) in [7, 11) is 0. The van der Waals surface area contributed by atoms with Gasteiger partial charge in [-0.2, -0.15) is 18.3 Å². The van der Waals surface area contributed by atoms with Gasteiger partial charge < -0.3 is 10.1 Å². The SMILES string of the molecule is FC(F)(F)c1ccc(Cl)c(OCC2CC2Nc2nccnn2)c1. The van der Waals surface area contributed by atoms with Gasteiger partial charge in [0.15, 0.2) is 0 Å². The molecule has 0 saturated heterocycles. The van der Waals surface area contributed by atoms with Crippen LogP contribution in [0.1, 0.15) is 12.0 Å². The molecule has 1 aliphatic rings. The number of nitrogens with one attached hydrogen (secondary N) is 1. The Bertz CT molecular complexity index is 683. The van der Waals surface area contributed by atoms with Crippen LogP contribution in [0.5, 0.6) is 5.75 Å². The summed E-state index contributed by atoms with van der Waals surface area (Å²) >= 11 is 5.88. The van der Waals surface area contributed by atoms with Crippen LogP contribution in [0.3, 0.4) is 0 Å². The average molecular weight is 345 g/mol. The molecule has 1 heterocycles. The summed E-state index contributed by atoms with van der Waals surface area (Å²) in [6.45, 7) is 0.263. The number of anilines is 1. The first-order valence-electron chi connectivity index (χ1n) is 6.83. The molecule has 23 heavy (non-hydrogen) atoms. The maximum Gasteiger partial charge on any atom is 0.416 e. The highest BCUT2D eigenvalue weighted by molar-refractivity contribution is 6.32. The van der Waals surface area contributed by atoms with Gasteiger partial charge in [0.05, 0.1) is 29.6 Å². The molecule has 2 aromatic rings. The van der Waals surface area contributed by atoms with E-state index in [1.807, 2.05) is 0 Å². The van der Waals surface area contributed by atoms with Crippen LogP contribution in [0, 0.1) is 5.92 Å². The van der Waals surface area contributed by atoms with Crippen molar-refractivity contribution in [1.29, 1.82) is 0 Å². The predicted octanol–water partition coefficient (Wildman–Crippen LogP) is 3.42. The Morgan fingerprint density at radius 3 is 2.83 bits per heavy atom. The highest BCUT2D eigenvalue weighted by atomic mass is 35.5. The van der Waals surface area contributed by atoms with Crippen LogP contribution in [0.25, 0.3) is 0 Å². The lowest BCUT2D eigenvalue weighted by molar-refractivity contribution is -0.137. The fourth-order valence-corrected chi connectivity index (χ4v) is 2.25. The number of alkyl halides is 3. The van der Waals surface area contributed by atoms with Crippen molar-refractivity contribution in [2.75, 3.05) is 11.9 Å². The van der Waals surface area contributed by atoms with Crippen LogP contribution >= 0.6 is 11.6 Å². The van der Waals surface area contributed by atoms with E-state index in [0.29, 0.717) is 5.95 Å². The summed E-state index contributed by atoms with van der Waals surface area (Å²) in [6.07, 6.45) is -0.626. The second kappa shape index (κ2) is 6.19. The molecule has 5 nitrogen and oxygen atoms in total. The van der Waals surface area contributed by atoms with E-state index in [2.05, 4.69) is 20.5 Å². The van der Waals surface area contributed by atoms with Gasteiger partial charge in [-0.3, -0.25) is 0 Å². The normalized spacial score (nSPS) is 20.2. The molecule has 9 heteroatoms. The van der Waals surface area contributed by atoms with Crippen molar-refractivity contribution in [3.8, 4) is 5.75 Å². The van der Waals surface area contributed by atoms with Gasteiger partial charge >= 0.3 is 6.18 Å². The average Bonchev–Trinajstić information content (AvgIpc) is 3.24. The highest BCUT2D eigenvalue weighted by Crippen LogP contribution is 2.37. The maximum atomic E-state index is 12.7. The van der Waals surface area contributed by atoms with Crippen molar-refractivity contribution < 1.29 is 17.9 Å². The summed E-state index contributed by atoms with van der Waals surface area (Å²) in [4.78, 5) is 3.99. The van der Waals surface area contributed by atoms with Crippen LogP contribution < -0.4 is 10.1 Å². The second-order valence-corrected chi connectivity index (χ2v) is 5.57. The molecule has 0 spiro atoms. The van der Waals surface area contributed by atoms with E-state index in [0.717, 1.165) is 18.6 Å². The van der Waals surface area contributed by atoms with Gasteiger partial charge in [0.2, 0.25) is 5.95 Å². The molecule has 1 aliphatic carbocycles.